The third-order valence-corrected chi connectivity index (χ3v) is 2.93. The summed E-state index contributed by atoms with van der Waals surface area (Å²) in [5.74, 6) is 0.591. The van der Waals surface area contributed by atoms with E-state index in [0.717, 1.165) is 16.5 Å². The summed E-state index contributed by atoms with van der Waals surface area (Å²) >= 11 is 5.91. The summed E-state index contributed by atoms with van der Waals surface area (Å²) in [6.45, 7) is 0. The van der Waals surface area contributed by atoms with Gasteiger partial charge in [0.2, 0.25) is 5.28 Å². The van der Waals surface area contributed by atoms with Gasteiger partial charge in [0.1, 0.15) is 0 Å². The van der Waals surface area contributed by atoms with Crippen LogP contribution in [0.25, 0.3) is 10.9 Å². The van der Waals surface area contributed by atoms with Crippen LogP contribution in [0.3, 0.4) is 0 Å². The minimum atomic E-state index is 0.195. The van der Waals surface area contributed by atoms with Crippen molar-refractivity contribution < 1.29 is 0 Å². The maximum atomic E-state index is 5.91. The summed E-state index contributed by atoms with van der Waals surface area (Å²) in [4.78, 5) is 8.33. The molecule has 0 aliphatic rings. The number of nitrogens with one attached hydrogen (secondary N) is 1. The summed E-state index contributed by atoms with van der Waals surface area (Å²) < 4.78 is 0. The van der Waals surface area contributed by atoms with Crippen LogP contribution in [0, 0.1) is 0 Å². The first-order valence-electron chi connectivity index (χ1n) is 6.09. The van der Waals surface area contributed by atoms with Crippen LogP contribution < -0.4 is 5.43 Å². The number of para-hydroxylation sites is 1. The van der Waals surface area contributed by atoms with Gasteiger partial charge in [-0.15, -0.1) is 0 Å². The Labute approximate surface area is 121 Å². The normalized spacial score (nSPS) is 11.1. The molecule has 2 aromatic carbocycles. The van der Waals surface area contributed by atoms with Gasteiger partial charge in [0.15, 0.2) is 5.82 Å². The van der Waals surface area contributed by atoms with E-state index in [0.29, 0.717) is 5.82 Å². The van der Waals surface area contributed by atoms with Crippen molar-refractivity contribution in [1.82, 2.24) is 9.97 Å². The molecule has 0 atom stereocenters. The number of benzene rings is 2. The molecule has 0 amide bonds. The molecule has 0 saturated carbocycles. The van der Waals surface area contributed by atoms with Crippen LogP contribution in [0.2, 0.25) is 5.28 Å². The third-order valence-electron chi connectivity index (χ3n) is 2.76. The standard InChI is InChI=1S/C15H11ClN4/c16-15-18-13-9-5-4-8-12(13)14(19-15)20-17-10-11-6-2-1-3-7-11/h1-10H,(H,18,19,20)/b17-10+. The van der Waals surface area contributed by atoms with E-state index in [-0.39, 0.29) is 5.28 Å². The molecule has 0 fully saturated rings. The van der Waals surface area contributed by atoms with Gasteiger partial charge in [-0.3, -0.25) is 5.43 Å². The second-order valence-corrected chi connectivity index (χ2v) is 4.48. The zero-order valence-electron chi connectivity index (χ0n) is 10.5. The van der Waals surface area contributed by atoms with Gasteiger partial charge in [-0.05, 0) is 29.3 Å². The average Bonchev–Trinajstić information content (AvgIpc) is 2.48. The molecule has 1 heterocycles. The predicted molar refractivity (Wildman–Crippen MR) is 82.2 cm³/mol. The van der Waals surface area contributed by atoms with Crippen molar-refractivity contribution >= 4 is 34.5 Å². The van der Waals surface area contributed by atoms with E-state index >= 15 is 0 Å². The molecule has 20 heavy (non-hydrogen) atoms. The van der Waals surface area contributed by atoms with Crippen LogP contribution in [0.1, 0.15) is 5.56 Å². The fourth-order valence-electron chi connectivity index (χ4n) is 1.84. The fraction of sp³-hybridized carbons (Fsp3) is 0. The van der Waals surface area contributed by atoms with Crippen LogP contribution in [0.5, 0.6) is 0 Å². The first kappa shape index (κ1) is 12.6. The molecule has 0 aliphatic carbocycles. The Balaban J connectivity index is 1.89. The van der Waals surface area contributed by atoms with Crippen LogP contribution >= 0.6 is 11.6 Å². The Kier molecular flexibility index (Phi) is 3.56. The molecule has 5 heteroatoms. The Morgan fingerprint density at radius 1 is 0.950 bits per heavy atom. The molecule has 98 valence electrons. The predicted octanol–water partition coefficient (Wildman–Crippen LogP) is 3.73. The Morgan fingerprint density at radius 3 is 2.55 bits per heavy atom. The number of rotatable bonds is 3. The number of hydrogen-bond donors (Lipinski definition) is 1. The molecule has 0 spiro atoms. The summed E-state index contributed by atoms with van der Waals surface area (Å²) in [6.07, 6.45) is 1.73. The van der Waals surface area contributed by atoms with Gasteiger partial charge >= 0.3 is 0 Å². The van der Waals surface area contributed by atoms with Crippen LogP contribution in [0.4, 0.5) is 5.82 Å². The van der Waals surface area contributed by atoms with Gasteiger partial charge in [-0.25, -0.2) is 4.98 Å². The highest BCUT2D eigenvalue weighted by Crippen LogP contribution is 2.21. The number of fused-ring (bicyclic) bond motifs is 1. The van der Waals surface area contributed by atoms with Gasteiger partial charge in [-0.1, -0.05) is 42.5 Å². The van der Waals surface area contributed by atoms with Crippen molar-refractivity contribution in [3.8, 4) is 0 Å². The summed E-state index contributed by atoms with van der Waals surface area (Å²) in [5, 5.41) is 5.25. The van der Waals surface area contributed by atoms with Crippen LogP contribution in [0.15, 0.2) is 59.7 Å². The van der Waals surface area contributed by atoms with Crippen molar-refractivity contribution in [3.05, 3.63) is 65.4 Å². The smallest absolute Gasteiger partial charge is 0.224 e. The van der Waals surface area contributed by atoms with Crippen molar-refractivity contribution in [2.75, 3.05) is 5.43 Å². The quantitative estimate of drug-likeness (QED) is 0.452. The minimum absolute atomic E-state index is 0.195. The first-order valence-corrected chi connectivity index (χ1v) is 6.47. The lowest BCUT2D eigenvalue weighted by Gasteiger charge is -2.04. The van der Waals surface area contributed by atoms with Crippen molar-refractivity contribution in [2.24, 2.45) is 5.10 Å². The number of hydrogen-bond acceptors (Lipinski definition) is 4. The van der Waals surface area contributed by atoms with E-state index in [4.69, 9.17) is 11.6 Å². The van der Waals surface area contributed by atoms with Crippen molar-refractivity contribution in [1.29, 1.82) is 0 Å². The van der Waals surface area contributed by atoms with Gasteiger partial charge in [0, 0.05) is 5.39 Å². The van der Waals surface area contributed by atoms with Gasteiger partial charge in [-0.2, -0.15) is 10.1 Å². The number of aromatic nitrogens is 2. The van der Waals surface area contributed by atoms with Crippen LogP contribution in [-0.4, -0.2) is 16.2 Å². The Morgan fingerprint density at radius 2 is 1.70 bits per heavy atom. The maximum Gasteiger partial charge on any atom is 0.224 e. The molecule has 0 aliphatic heterocycles. The lowest BCUT2D eigenvalue weighted by Crippen LogP contribution is -1.97. The lowest BCUT2D eigenvalue weighted by atomic mass is 10.2. The van der Waals surface area contributed by atoms with E-state index in [1.54, 1.807) is 6.21 Å². The largest absolute Gasteiger partial charge is 0.261 e. The molecule has 1 N–H and O–H groups in total. The topological polar surface area (TPSA) is 50.2 Å². The molecule has 0 saturated heterocycles. The summed E-state index contributed by atoms with van der Waals surface area (Å²) in [6, 6.07) is 17.4. The van der Waals surface area contributed by atoms with Crippen molar-refractivity contribution in [2.45, 2.75) is 0 Å². The molecule has 4 nitrogen and oxygen atoms in total. The first-order chi connectivity index (χ1) is 9.83. The average molecular weight is 283 g/mol. The van der Waals surface area contributed by atoms with E-state index in [1.807, 2.05) is 54.6 Å². The number of anilines is 1. The monoisotopic (exact) mass is 282 g/mol. The highest BCUT2D eigenvalue weighted by atomic mass is 35.5. The molecule has 0 bridgehead atoms. The Hall–Kier alpha value is -2.46. The Bertz CT molecular complexity index is 756. The minimum Gasteiger partial charge on any atom is -0.261 e. The molecular weight excluding hydrogens is 272 g/mol. The lowest BCUT2D eigenvalue weighted by molar-refractivity contribution is 1.18. The summed E-state index contributed by atoms with van der Waals surface area (Å²) in [7, 11) is 0. The zero-order valence-corrected chi connectivity index (χ0v) is 11.2. The number of hydrazone groups is 1. The number of halogens is 1. The second kappa shape index (κ2) is 5.67. The highest BCUT2D eigenvalue weighted by molar-refractivity contribution is 6.28. The third kappa shape index (κ3) is 2.75. The van der Waals surface area contributed by atoms with Gasteiger partial charge < -0.3 is 0 Å². The van der Waals surface area contributed by atoms with Gasteiger partial charge in [0.05, 0.1) is 11.7 Å². The van der Waals surface area contributed by atoms with E-state index in [1.165, 1.54) is 0 Å². The molecule has 3 aromatic rings. The zero-order chi connectivity index (χ0) is 13.8. The van der Waals surface area contributed by atoms with Gasteiger partial charge in [0.25, 0.3) is 0 Å². The molecular formula is C15H11ClN4. The summed E-state index contributed by atoms with van der Waals surface area (Å²) in [5.41, 5.74) is 4.70. The maximum absolute atomic E-state index is 5.91. The molecule has 0 radical (unpaired) electrons. The SMILES string of the molecule is Clc1nc(N/N=C/c2ccccc2)c2ccccc2n1. The van der Waals surface area contributed by atoms with E-state index in [9.17, 15) is 0 Å². The second-order valence-electron chi connectivity index (χ2n) is 4.14. The van der Waals surface area contributed by atoms with Crippen LogP contribution in [-0.2, 0) is 0 Å². The fourth-order valence-corrected chi connectivity index (χ4v) is 2.02. The molecule has 0 unspecified atom stereocenters. The van der Waals surface area contributed by atoms with E-state index < -0.39 is 0 Å². The number of nitrogens with zero attached hydrogens (tertiary/aromatic N) is 3. The molecule has 1 aromatic heterocycles. The molecule has 3 rings (SSSR count). The van der Waals surface area contributed by atoms with Crippen molar-refractivity contribution in [3.63, 3.8) is 0 Å². The van der Waals surface area contributed by atoms with E-state index in [2.05, 4.69) is 20.5 Å². The highest BCUT2D eigenvalue weighted by Gasteiger charge is 2.04.